The molecule has 94 valence electrons. The van der Waals surface area contributed by atoms with Crippen molar-refractivity contribution in [2.75, 3.05) is 26.9 Å². The van der Waals surface area contributed by atoms with Gasteiger partial charge in [-0.3, -0.25) is 0 Å². The Morgan fingerprint density at radius 1 is 1.24 bits per heavy atom. The molecule has 0 aliphatic heterocycles. The van der Waals surface area contributed by atoms with E-state index < -0.39 is 6.09 Å². The smallest absolute Gasteiger partial charge is 0.407 e. The average molecular weight is 239 g/mol. The number of ether oxygens (including phenoxy) is 3. The van der Waals surface area contributed by atoms with Crippen LogP contribution in [0.4, 0.5) is 4.79 Å². The first-order valence-corrected chi connectivity index (χ1v) is 5.43. The van der Waals surface area contributed by atoms with Crippen LogP contribution >= 0.6 is 0 Å². The minimum absolute atomic E-state index is 0.366. The van der Waals surface area contributed by atoms with Gasteiger partial charge in [-0.25, -0.2) is 4.79 Å². The largest absolute Gasteiger partial charge is 0.497 e. The zero-order valence-corrected chi connectivity index (χ0v) is 10.1. The first-order valence-electron chi connectivity index (χ1n) is 5.43. The number of amides is 1. The van der Waals surface area contributed by atoms with Crippen LogP contribution in [0.3, 0.4) is 0 Å². The SMILES string of the molecule is CCOC(=O)NCCOc1ccc(OC)cc1. The van der Waals surface area contributed by atoms with Crippen LogP contribution in [0.15, 0.2) is 24.3 Å². The van der Waals surface area contributed by atoms with E-state index in [-0.39, 0.29) is 0 Å². The van der Waals surface area contributed by atoms with Crippen LogP contribution in [0.1, 0.15) is 6.92 Å². The molecule has 1 aromatic rings. The lowest BCUT2D eigenvalue weighted by Crippen LogP contribution is -2.28. The summed E-state index contributed by atoms with van der Waals surface area (Å²) in [6.07, 6.45) is -0.425. The molecule has 0 saturated heterocycles. The number of hydrogen-bond donors (Lipinski definition) is 1. The van der Waals surface area contributed by atoms with Crippen molar-refractivity contribution in [3.8, 4) is 11.5 Å². The van der Waals surface area contributed by atoms with E-state index in [4.69, 9.17) is 14.2 Å². The van der Waals surface area contributed by atoms with Crippen molar-refractivity contribution in [1.29, 1.82) is 0 Å². The minimum atomic E-state index is -0.425. The second-order valence-corrected chi connectivity index (χ2v) is 3.17. The molecule has 0 atom stereocenters. The molecule has 0 bridgehead atoms. The van der Waals surface area contributed by atoms with Crippen LogP contribution in [0.25, 0.3) is 0 Å². The molecular weight excluding hydrogens is 222 g/mol. The van der Waals surface area contributed by atoms with Crippen LogP contribution in [-0.4, -0.2) is 33.0 Å². The standard InChI is InChI=1S/C12H17NO4/c1-3-16-12(14)13-8-9-17-11-6-4-10(15-2)5-7-11/h4-7H,3,8-9H2,1-2H3,(H,13,14). The summed E-state index contributed by atoms with van der Waals surface area (Å²) in [4.78, 5) is 10.9. The molecule has 1 aromatic carbocycles. The average Bonchev–Trinajstić information content (AvgIpc) is 2.36. The van der Waals surface area contributed by atoms with E-state index in [0.29, 0.717) is 19.8 Å². The number of hydrogen-bond acceptors (Lipinski definition) is 4. The lowest BCUT2D eigenvalue weighted by molar-refractivity contribution is 0.150. The highest BCUT2D eigenvalue weighted by Crippen LogP contribution is 2.16. The zero-order valence-electron chi connectivity index (χ0n) is 10.1. The minimum Gasteiger partial charge on any atom is -0.497 e. The summed E-state index contributed by atoms with van der Waals surface area (Å²) in [5, 5.41) is 2.57. The molecule has 0 aliphatic carbocycles. The number of alkyl carbamates (subject to hydrolysis) is 1. The summed E-state index contributed by atoms with van der Waals surface area (Å²) < 4.78 is 15.1. The lowest BCUT2D eigenvalue weighted by Gasteiger charge is -2.08. The Labute approximate surface area is 101 Å². The molecule has 0 saturated carbocycles. The Bertz CT molecular complexity index is 337. The predicted octanol–water partition coefficient (Wildman–Crippen LogP) is 1.82. The molecule has 1 rings (SSSR count). The topological polar surface area (TPSA) is 56.8 Å². The van der Waals surface area contributed by atoms with Crippen LogP contribution in [0, 0.1) is 0 Å². The number of nitrogens with one attached hydrogen (secondary N) is 1. The second-order valence-electron chi connectivity index (χ2n) is 3.17. The Morgan fingerprint density at radius 3 is 2.47 bits per heavy atom. The number of carbonyl (C=O) groups is 1. The maximum Gasteiger partial charge on any atom is 0.407 e. The van der Waals surface area contributed by atoms with Crippen molar-refractivity contribution in [2.45, 2.75) is 6.92 Å². The molecular formula is C12H17NO4. The van der Waals surface area contributed by atoms with E-state index in [1.165, 1.54) is 0 Å². The molecule has 5 nitrogen and oxygen atoms in total. The third-order valence-corrected chi connectivity index (χ3v) is 1.97. The maximum atomic E-state index is 10.9. The van der Waals surface area contributed by atoms with Gasteiger partial charge in [0.25, 0.3) is 0 Å². The van der Waals surface area contributed by atoms with Gasteiger partial charge in [-0.2, -0.15) is 0 Å². The summed E-state index contributed by atoms with van der Waals surface area (Å²) in [5.41, 5.74) is 0. The van der Waals surface area contributed by atoms with Crippen molar-refractivity contribution in [3.63, 3.8) is 0 Å². The van der Waals surface area contributed by atoms with Crippen LogP contribution in [-0.2, 0) is 4.74 Å². The molecule has 0 fully saturated rings. The molecule has 0 aliphatic rings. The molecule has 1 amide bonds. The van der Waals surface area contributed by atoms with E-state index in [1.807, 2.05) is 24.3 Å². The fourth-order valence-electron chi connectivity index (χ4n) is 1.18. The summed E-state index contributed by atoms with van der Waals surface area (Å²) in [7, 11) is 1.61. The van der Waals surface area contributed by atoms with Gasteiger partial charge < -0.3 is 19.5 Å². The van der Waals surface area contributed by atoms with Crippen molar-refractivity contribution in [2.24, 2.45) is 0 Å². The molecule has 0 radical (unpaired) electrons. The number of carbonyl (C=O) groups excluding carboxylic acids is 1. The predicted molar refractivity (Wildman–Crippen MR) is 63.5 cm³/mol. The van der Waals surface area contributed by atoms with E-state index >= 15 is 0 Å². The van der Waals surface area contributed by atoms with Gasteiger partial charge in [0.1, 0.15) is 18.1 Å². The summed E-state index contributed by atoms with van der Waals surface area (Å²) in [6.45, 7) is 2.93. The second kappa shape index (κ2) is 7.38. The summed E-state index contributed by atoms with van der Waals surface area (Å²) >= 11 is 0. The number of methoxy groups -OCH3 is 1. The highest BCUT2D eigenvalue weighted by atomic mass is 16.5. The molecule has 0 unspecified atom stereocenters. The van der Waals surface area contributed by atoms with Gasteiger partial charge in [-0.15, -0.1) is 0 Å². The highest BCUT2D eigenvalue weighted by Gasteiger charge is 1.99. The molecule has 5 heteroatoms. The Morgan fingerprint density at radius 2 is 1.88 bits per heavy atom. The Hall–Kier alpha value is -1.91. The summed E-state index contributed by atoms with van der Waals surface area (Å²) in [6, 6.07) is 7.24. The molecule has 17 heavy (non-hydrogen) atoms. The quantitative estimate of drug-likeness (QED) is 0.769. The summed E-state index contributed by atoms with van der Waals surface area (Å²) in [5.74, 6) is 1.51. The van der Waals surface area contributed by atoms with Crippen molar-refractivity contribution < 1.29 is 19.0 Å². The van der Waals surface area contributed by atoms with Gasteiger partial charge in [-0.05, 0) is 31.2 Å². The first kappa shape index (κ1) is 13.2. The highest BCUT2D eigenvalue weighted by molar-refractivity contribution is 5.66. The van der Waals surface area contributed by atoms with Gasteiger partial charge in [0.15, 0.2) is 0 Å². The van der Waals surface area contributed by atoms with Gasteiger partial charge in [0.2, 0.25) is 0 Å². The third kappa shape index (κ3) is 5.10. The van der Waals surface area contributed by atoms with Crippen molar-refractivity contribution >= 4 is 6.09 Å². The van der Waals surface area contributed by atoms with Crippen molar-refractivity contribution in [1.82, 2.24) is 5.32 Å². The number of benzene rings is 1. The van der Waals surface area contributed by atoms with E-state index in [0.717, 1.165) is 11.5 Å². The maximum absolute atomic E-state index is 10.9. The Balaban J connectivity index is 2.19. The van der Waals surface area contributed by atoms with Gasteiger partial charge in [0, 0.05) is 0 Å². The molecule has 0 spiro atoms. The van der Waals surface area contributed by atoms with Crippen molar-refractivity contribution in [3.05, 3.63) is 24.3 Å². The fraction of sp³-hybridized carbons (Fsp3) is 0.417. The lowest BCUT2D eigenvalue weighted by atomic mass is 10.3. The van der Waals surface area contributed by atoms with Gasteiger partial charge in [0.05, 0.1) is 20.3 Å². The van der Waals surface area contributed by atoms with Crippen LogP contribution in [0.5, 0.6) is 11.5 Å². The van der Waals surface area contributed by atoms with Gasteiger partial charge >= 0.3 is 6.09 Å². The normalized spacial score (nSPS) is 9.53. The monoisotopic (exact) mass is 239 g/mol. The molecule has 0 aromatic heterocycles. The first-order chi connectivity index (χ1) is 8.26. The van der Waals surface area contributed by atoms with E-state index in [9.17, 15) is 4.79 Å². The van der Waals surface area contributed by atoms with Gasteiger partial charge in [-0.1, -0.05) is 0 Å². The van der Waals surface area contributed by atoms with Crippen LogP contribution < -0.4 is 14.8 Å². The molecule has 0 heterocycles. The third-order valence-electron chi connectivity index (χ3n) is 1.97. The zero-order chi connectivity index (χ0) is 12.5. The molecule has 1 N–H and O–H groups in total. The Kier molecular flexibility index (Phi) is 5.71. The fourth-order valence-corrected chi connectivity index (χ4v) is 1.18. The van der Waals surface area contributed by atoms with Crippen LogP contribution in [0.2, 0.25) is 0 Å². The van der Waals surface area contributed by atoms with E-state index in [1.54, 1.807) is 14.0 Å². The number of rotatable bonds is 6. The van der Waals surface area contributed by atoms with E-state index in [2.05, 4.69) is 5.32 Å².